The number of hydrogen-bond donors (Lipinski definition) is 3. The van der Waals surface area contributed by atoms with E-state index in [-0.39, 0.29) is 18.1 Å². The minimum absolute atomic E-state index is 0.113. The Labute approximate surface area is 188 Å². The number of carbonyl (C=O) groups is 3. The number of ether oxygens (including phenoxy) is 2. The number of aliphatic hydroxyl groups is 3. The van der Waals surface area contributed by atoms with Crippen molar-refractivity contribution in [1.82, 2.24) is 0 Å². The zero-order chi connectivity index (χ0) is 24.0. The van der Waals surface area contributed by atoms with Crippen molar-refractivity contribution in [3.8, 4) is 0 Å². The van der Waals surface area contributed by atoms with Gasteiger partial charge in [-0.1, -0.05) is 27.4 Å². The fourth-order valence-corrected chi connectivity index (χ4v) is 8.18. The predicted octanol–water partition coefficient (Wildman–Crippen LogP) is 1.15. The van der Waals surface area contributed by atoms with E-state index in [1.54, 1.807) is 6.92 Å². The van der Waals surface area contributed by atoms with Gasteiger partial charge in [-0.2, -0.15) is 0 Å². The lowest BCUT2D eigenvalue weighted by Gasteiger charge is -2.68. The SMILES string of the molecule is C=C1C(=O)[C@]23C[C@H]1C[C@H](O)[C@H]2[C@]1(C)[C@H]([C@@H](O)[C@@H]3OC(C)=O)C(C)(C)[C@@H](OC(C)=O)C[C@@H]1O. The molecule has 4 rings (SSSR count). The van der Waals surface area contributed by atoms with E-state index in [0.29, 0.717) is 18.4 Å². The average molecular weight is 451 g/mol. The molecule has 0 aromatic heterocycles. The third kappa shape index (κ3) is 2.75. The van der Waals surface area contributed by atoms with Crippen molar-refractivity contribution in [3.63, 3.8) is 0 Å². The molecule has 0 aliphatic heterocycles. The molecule has 0 aromatic carbocycles. The summed E-state index contributed by atoms with van der Waals surface area (Å²) in [6, 6.07) is 0. The molecule has 0 radical (unpaired) electrons. The summed E-state index contributed by atoms with van der Waals surface area (Å²) in [5, 5.41) is 34.5. The maximum Gasteiger partial charge on any atom is 0.303 e. The highest BCUT2D eigenvalue weighted by molar-refractivity contribution is 6.04. The van der Waals surface area contributed by atoms with Gasteiger partial charge in [-0.15, -0.1) is 0 Å². The van der Waals surface area contributed by atoms with Crippen molar-refractivity contribution in [2.24, 2.45) is 34.0 Å². The molecule has 10 atom stereocenters. The number of hydrogen-bond acceptors (Lipinski definition) is 8. The number of aliphatic hydroxyl groups excluding tert-OH is 3. The molecule has 0 unspecified atom stereocenters. The van der Waals surface area contributed by atoms with Gasteiger partial charge in [0.2, 0.25) is 0 Å². The van der Waals surface area contributed by atoms with Gasteiger partial charge in [0.15, 0.2) is 5.78 Å². The van der Waals surface area contributed by atoms with E-state index in [1.165, 1.54) is 13.8 Å². The van der Waals surface area contributed by atoms with Crippen LogP contribution in [0.4, 0.5) is 0 Å². The van der Waals surface area contributed by atoms with E-state index in [4.69, 9.17) is 9.47 Å². The fourth-order valence-electron chi connectivity index (χ4n) is 8.18. The number of rotatable bonds is 2. The Morgan fingerprint density at radius 2 is 1.59 bits per heavy atom. The van der Waals surface area contributed by atoms with Gasteiger partial charge >= 0.3 is 11.9 Å². The van der Waals surface area contributed by atoms with Gasteiger partial charge in [0.1, 0.15) is 12.2 Å². The Hall–Kier alpha value is -1.77. The summed E-state index contributed by atoms with van der Waals surface area (Å²) in [6.45, 7) is 11.9. The molecule has 0 aromatic rings. The molecule has 8 heteroatoms. The van der Waals surface area contributed by atoms with Gasteiger partial charge in [-0.05, 0) is 24.3 Å². The fraction of sp³-hybridized carbons (Fsp3) is 0.792. The molecular weight excluding hydrogens is 416 g/mol. The van der Waals surface area contributed by atoms with E-state index in [2.05, 4.69) is 6.58 Å². The Morgan fingerprint density at radius 1 is 1.00 bits per heavy atom. The Balaban J connectivity index is 1.94. The summed E-state index contributed by atoms with van der Waals surface area (Å²) < 4.78 is 11.2. The van der Waals surface area contributed by atoms with Crippen molar-refractivity contribution < 1.29 is 39.2 Å². The molecule has 0 amide bonds. The van der Waals surface area contributed by atoms with Crippen molar-refractivity contribution >= 4 is 17.7 Å². The van der Waals surface area contributed by atoms with Gasteiger partial charge in [-0.25, -0.2) is 0 Å². The molecule has 0 heterocycles. The maximum atomic E-state index is 13.7. The number of Topliss-reactive ketones (excluding diaryl/α,β-unsaturated/α-hetero) is 1. The van der Waals surface area contributed by atoms with Crippen LogP contribution in [0.1, 0.15) is 53.9 Å². The van der Waals surface area contributed by atoms with Crippen LogP contribution < -0.4 is 0 Å². The normalized spacial score (nSPS) is 49.1. The van der Waals surface area contributed by atoms with Crippen LogP contribution in [0.15, 0.2) is 12.2 Å². The first-order valence-electron chi connectivity index (χ1n) is 11.3. The summed E-state index contributed by atoms with van der Waals surface area (Å²) in [7, 11) is 0. The van der Waals surface area contributed by atoms with Crippen molar-refractivity contribution in [2.45, 2.75) is 84.4 Å². The monoisotopic (exact) mass is 450 g/mol. The lowest BCUT2D eigenvalue weighted by Crippen LogP contribution is -2.76. The van der Waals surface area contributed by atoms with Crippen LogP contribution in [0.25, 0.3) is 0 Å². The van der Waals surface area contributed by atoms with Crippen LogP contribution in [0, 0.1) is 34.0 Å². The number of fused-ring (bicyclic) bond motifs is 3. The van der Waals surface area contributed by atoms with Crippen molar-refractivity contribution in [2.75, 3.05) is 0 Å². The summed E-state index contributed by atoms with van der Waals surface area (Å²) in [5.41, 5.74) is -2.92. The molecule has 4 fully saturated rings. The molecule has 2 bridgehead atoms. The van der Waals surface area contributed by atoms with Crippen LogP contribution in [0.2, 0.25) is 0 Å². The zero-order valence-electron chi connectivity index (χ0n) is 19.3. The average Bonchev–Trinajstić information content (AvgIpc) is 2.84. The number of ketones is 1. The van der Waals surface area contributed by atoms with E-state index in [0.717, 1.165) is 0 Å². The molecular formula is C24H34O8. The minimum atomic E-state index is -1.36. The molecule has 4 saturated carbocycles. The second-order valence-corrected chi connectivity index (χ2v) is 11.1. The standard InChI is InChI=1S/C24H34O8/c1-10-13-7-14(27)18-23(6)15(28)8-16(31-11(2)25)22(4,5)19(23)17(29)21(32-12(3)26)24(18,9-13)20(10)30/h13-19,21,27-29H,1,7-9H2,2-6H3/t13-,14+,15+,16+,17-,18+,19-,21+,23-,24+/m1/s1. The lowest BCUT2D eigenvalue weighted by molar-refractivity contribution is -0.306. The largest absolute Gasteiger partial charge is 0.462 e. The minimum Gasteiger partial charge on any atom is -0.462 e. The first-order chi connectivity index (χ1) is 14.7. The van der Waals surface area contributed by atoms with Crippen LogP contribution >= 0.6 is 0 Å². The van der Waals surface area contributed by atoms with E-state index in [9.17, 15) is 29.7 Å². The highest BCUT2D eigenvalue weighted by Crippen LogP contribution is 2.71. The molecule has 178 valence electrons. The molecule has 1 spiro atoms. The van der Waals surface area contributed by atoms with Crippen LogP contribution in [-0.4, -0.2) is 63.6 Å². The van der Waals surface area contributed by atoms with Crippen molar-refractivity contribution in [1.29, 1.82) is 0 Å². The highest BCUT2D eigenvalue weighted by atomic mass is 16.6. The number of esters is 2. The quantitative estimate of drug-likeness (QED) is 0.422. The van der Waals surface area contributed by atoms with Gasteiger partial charge in [0, 0.05) is 42.9 Å². The zero-order valence-corrected chi connectivity index (χ0v) is 19.3. The first kappa shape index (κ1) is 23.4. The van der Waals surface area contributed by atoms with Gasteiger partial charge < -0.3 is 24.8 Å². The third-order valence-corrected chi connectivity index (χ3v) is 9.14. The maximum absolute atomic E-state index is 13.7. The summed E-state index contributed by atoms with van der Waals surface area (Å²) >= 11 is 0. The number of carbonyl (C=O) groups excluding carboxylic acids is 3. The van der Waals surface area contributed by atoms with Crippen LogP contribution in [0.3, 0.4) is 0 Å². The van der Waals surface area contributed by atoms with Gasteiger partial charge in [0.25, 0.3) is 0 Å². The molecule has 0 saturated heterocycles. The van der Waals surface area contributed by atoms with E-state index < -0.39 is 70.5 Å². The van der Waals surface area contributed by atoms with Crippen LogP contribution in [-0.2, 0) is 23.9 Å². The van der Waals surface area contributed by atoms with Crippen molar-refractivity contribution in [3.05, 3.63) is 12.2 Å². The van der Waals surface area contributed by atoms with E-state index >= 15 is 0 Å². The van der Waals surface area contributed by atoms with E-state index in [1.807, 2.05) is 13.8 Å². The molecule has 32 heavy (non-hydrogen) atoms. The molecule has 8 nitrogen and oxygen atoms in total. The smallest absolute Gasteiger partial charge is 0.303 e. The predicted molar refractivity (Wildman–Crippen MR) is 112 cm³/mol. The Morgan fingerprint density at radius 3 is 2.16 bits per heavy atom. The molecule has 4 aliphatic carbocycles. The summed E-state index contributed by atoms with van der Waals surface area (Å²) in [6.07, 6.45) is -4.48. The second kappa shape index (κ2) is 7.11. The Kier molecular flexibility index (Phi) is 5.20. The highest BCUT2D eigenvalue weighted by Gasteiger charge is 2.78. The Bertz CT molecular complexity index is 879. The van der Waals surface area contributed by atoms with Gasteiger partial charge in [0.05, 0.1) is 23.7 Å². The first-order valence-corrected chi connectivity index (χ1v) is 11.3. The number of allylic oxidation sites excluding steroid dienone is 1. The van der Waals surface area contributed by atoms with Gasteiger partial charge in [-0.3, -0.25) is 14.4 Å². The van der Waals surface area contributed by atoms with Crippen LogP contribution in [0.5, 0.6) is 0 Å². The topological polar surface area (TPSA) is 130 Å². The lowest BCUT2D eigenvalue weighted by atomic mass is 9.38. The molecule has 3 N–H and O–H groups in total. The third-order valence-electron chi connectivity index (χ3n) is 9.14. The molecule has 4 aliphatic rings. The summed E-state index contributed by atoms with van der Waals surface area (Å²) in [4.78, 5) is 37.5. The summed E-state index contributed by atoms with van der Waals surface area (Å²) in [5.74, 6) is -3.19. The second-order valence-electron chi connectivity index (χ2n) is 11.1.